The second kappa shape index (κ2) is 9.55. The molecule has 0 aliphatic carbocycles. The van der Waals surface area contributed by atoms with Gasteiger partial charge in [0, 0.05) is 23.3 Å². The molecule has 3 rings (SSSR count). The van der Waals surface area contributed by atoms with Crippen molar-refractivity contribution in [1.29, 1.82) is 0 Å². The fraction of sp³-hybridized carbons (Fsp3) is 0.364. The van der Waals surface area contributed by atoms with Gasteiger partial charge in [0.15, 0.2) is 0 Å². The number of benzene rings is 1. The van der Waals surface area contributed by atoms with E-state index in [1.54, 1.807) is 13.1 Å². The van der Waals surface area contributed by atoms with Crippen molar-refractivity contribution >= 4 is 35.1 Å². The largest absolute Gasteiger partial charge is 0.371 e. The van der Waals surface area contributed by atoms with Crippen LogP contribution in [0, 0.1) is 0 Å². The minimum Gasteiger partial charge on any atom is -0.371 e. The van der Waals surface area contributed by atoms with E-state index < -0.39 is 0 Å². The molecule has 29 heavy (non-hydrogen) atoms. The minimum absolute atomic E-state index is 0.184. The first-order chi connectivity index (χ1) is 13.9. The Labute approximate surface area is 181 Å². The van der Waals surface area contributed by atoms with Gasteiger partial charge in [-0.2, -0.15) is 11.8 Å². The number of hydrogen-bond donors (Lipinski definition) is 3. The van der Waals surface area contributed by atoms with E-state index in [1.165, 1.54) is 0 Å². The lowest BCUT2D eigenvalue weighted by molar-refractivity contribution is -0.116. The number of nitrogens with zero attached hydrogens (tertiary/aromatic N) is 1. The van der Waals surface area contributed by atoms with Gasteiger partial charge in [0.2, 0.25) is 5.91 Å². The van der Waals surface area contributed by atoms with E-state index in [9.17, 15) is 4.79 Å². The fourth-order valence-electron chi connectivity index (χ4n) is 3.44. The van der Waals surface area contributed by atoms with Crippen molar-refractivity contribution in [2.45, 2.75) is 31.8 Å². The molecule has 0 atom stereocenters. The summed E-state index contributed by atoms with van der Waals surface area (Å²) < 4.78 is 0. The number of aliphatic imine (C=N–C) groups is 1. The van der Waals surface area contributed by atoms with Gasteiger partial charge in [-0.25, -0.2) is 0 Å². The van der Waals surface area contributed by atoms with Crippen LogP contribution in [-0.2, 0) is 11.3 Å². The average Bonchev–Trinajstić information content (AvgIpc) is 2.73. The van der Waals surface area contributed by atoms with Crippen LogP contribution in [-0.4, -0.2) is 35.8 Å². The molecular formula is C22H27ClN4OS. The summed E-state index contributed by atoms with van der Waals surface area (Å²) in [6.45, 7) is 6.40. The van der Waals surface area contributed by atoms with E-state index in [2.05, 4.69) is 22.5 Å². The standard InChI is InChI=1S/C22H27ClN4OS/c1-15(20(28)24-3)7-8-19-16(2)26-21(22(27-19)9-11-29-12-10-22)25-14-17-5-4-6-18(23)13-17/h4-8,13,27H,1,9-12,14H2,2-3H3,(H,24,28)(H,25,26)/b8-7-. The summed E-state index contributed by atoms with van der Waals surface area (Å²) in [5, 5.41) is 10.6. The van der Waals surface area contributed by atoms with Gasteiger partial charge in [0.1, 0.15) is 5.84 Å². The molecule has 2 aliphatic rings. The lowest BCUT2D eigenvalue weighted by Gasteiger charge is -2.44. The maximum atomic E-state index is 11.7. The Balaban J connectivity index is 1.86. The highest BCUT2D eigenvalue weighted by Gasteiger charge is 2.40. The number of thioether (sulfide) groups is 1. The molecule has 1 spiro atoms. The first-order valence-electron chi connectivity index (χ1n) is 9.66. The molecule has 0 aromatic heterocycles. The van der Waals surface area contributed by atoms with Crippen molar-refractivity contribution in [3.8, 4) is 0 Å². The molecule has 5 nitrogen and oxygen atoms in total. The molecule has 0 bridgehead atoms. The lowest BCUT2D eigenvalue weighted by Crippen LogP contribution is -2.61. The Bertz CT molecular complexity index is 885. The summed E-state index contributed by atoms with van der Waals surface area (Å²) in [5.41, 5.74) is 3.21. The summed E-state index contributed by atoms with van der Waals surface area (Å²) in [6, 6.07) is 7.81. The quantitative estimate of drug-likeness (QED) is 0.491. The molecule has 0 saturated carbocycles. The van der Waals surface area contributed by atoms with Crippen molar-refractivity contribution < 1.29 is 4.79 Å². The second-order valence-corrected chi connectivity index (χ2v) is 8.88. The predicted molar refractivity (Wildman–Crippen MR) is 123 cm³/mol. The Kier molecular flexibility index (Phi) is 7.09. The van der Waals surface area contributed by atoms with Crippen molar-refractivity contribution in [2.24, 2.45) is 4.99 Å². The highest BCUT2D eigenvalue weighted by molar-refractivity contribution is 7.99. The maximum absolute atomic E-state index is 11.7. The van der Waals surface area contributed by atoms with Crippen molar-refractivity contribution in [3.63, 3.8) is 0 Å². The number of likely N-dealkylation sites (N-methyl/N-ethyl adjacent to an activating group) is 1. The number of carbonyl (C=O) groups excluding carboxylic acids is 1. The van der Waals surface area contributed by atoms with Crippen LogP contribution in [0.5, 0.6) is 0 Å². The van der Waals surface area contributed by atoms with Crippen LogP contribution in [0.4, 0.5) is 0 Å². The van der Waals surface area contributed by atoms with Crippen LogP contribution in [0.25, 0.3) is 0 Å². The predicted octanol–water partition coefficient (Wildman–Crippen LogP) is 3.79. The van der Waals surface area contributed by atoms with Gasteiger partial charge in [0.05, 0.1) is 17.8 Å². The highest BCUT2D eigenvalue weighted by Crippen LogP contribution is 2.32. The van der Waals surface area contributed by atoms with Gasteiger partial charge in [-0.15, -0.1) is 0 Å². The van der Waals surface area contributed by atoms with Crippen LogP contribution >= 0.6 is 23.4 Å². The molecular weight excluding hydrogens is 404 g/mol. The summed E-state index contributed by atoms with van der Waals surface area (Å²) in [5.74, 6) is 2.94. The highest BCUT2D eigenvalue weighted by atomic mass is 35.5. The normalized spacial score (nSPS) is 19.9. The Morgan fingerprint density at radius 1 is 1.41 bits per heavy atom. The van der Waals surface area contributed by atoms with E-state index in [-0.39, 0.29) is 11.4 Å². The summed E-state index contributed by atoms with van der Waals surface area (Å²) in [7, 11) is 1.60. The molecule has 1 saturated heterocycles. The number of amidine groups is 1. The molecule has 1 fully saturated rings. The number of hydrogen-bond acceptors (Lipinski definition) is 4. The summed E-state index contributed by atoms with van der Waals surface area (Å²) in [6.07, 6.45) is 5.63. The summed E-state index contributed by atoms with van der Waals surface area (Å²) >= 11 is 8.08. The topological polar surface area (TPSA) is 65.5 Å². The number of amides is 1. The molecule has 154 valence electrons. The molecule has 7 heteroatoms. The van der Waals surface area contributed by atoms with Crippen LogP contribution < -0.4 is 16.0 Å². The first kappa shape index (κ1) is 21.5. The zero-order chi connectivity index (χ0) is 20.9. The number of carbonyl (C=O) groups is 1. The average molecular weight is 431 g/mol. The Hall–Kier alpha value is -2.18. The van der Waals surface area contributed by atoms with Crippen LogP contribution in [0.3, 0.4) is 0 Å². The molecule has 1 aromatic carbocycles. The summed E-state index contributed by atoms with van der Waals surface area (Å²) in [4.78, 5) is 16.6. The number of halogens is 1. The van der Waals surface area contributed by atoms with Gasteiger partial charge >= 0.3 is 0 Å². The molecule has 2 heterocycles. The lowest BCUT2D eigenvalue weighted by atomic mass is 9.87. The third-order valence-corrected chi connectivity index (χ3v) is 6.38. The molecule has 1 aromatic rings. The number of allylic oxidation sites excluding steroid dienone is 2. The third-order valence-electron chi connectivity index (χ3n) is 5.16. The van der Waals surface area contributed by atoms with Gasteiger partial charge in [0.25, 0.3) is 0 Å². The van der Waals surface area contributed by atoms with E-state index in [0.717, 1.165) is 52.2 Å². The van der Waals surface area contributed by atoms with Crippen LogP contribution in [0.1, 0.15) is 25.3 Å². The smallest absolute Gasteiger partial charge is 0.250 e. The Morgan fingerprint density at radius 3 is 2.86 bits per heavy atom. The number of rotatable bonds is 5. The van der Waals surface area contributed by atoms with Crippen LogP contribution in [0.2, 0.25) is 5.02 Å². The molecule has 2 aliphatic heterocycles. The van der Waals surface area contributed by atoms with Gasteiger partial charge < -0.3 is 16.0 Å². The van der Waals surface area contributed by atoms with Gasteiger partial charge in [-0.1, -0.05) is 30.3 Å². The molecule has 0 unspecified atom stereocenters. The second-order valence-electron chi connectivity index (χ2n) is 7.22. The van der Waals surface area contributed by atoms with E-state index >= 15 is 0 Å². The monoisotopic (exact) mass is 430 g/mol. The van der Waals surface area contributed by atoms with Crippen molar-refractivity contribution in [2.75, 3.05) is 18.6 Å². The molecule has 3 N–H and O–H groups in total. The molecule has 0 radical (unpaired) electrons. The first-order valence-corrected chi connectivity index (χ1v) is 11.2. The third kappa shape index (κ3) is 5.25. The van der Waals surface area contributed by atoms with Crippen molar-refractivity contribution in [1.82, 2.24) is 16.0 Å². The van der Waals surface area contributed by atoms with E-state index in [0.29, 0.717) is 12.1 Å². The van der Waals surface area contributed by atoms with E-state index in [1.807, 2.05) is 49.0 Å². The SMILES string of the molecule is C=C(/C=C\C1=C(C)NC(=NCc2cccc(Cl)c2)C2(CCSCC2)N1)C(=O)NC. The van der Waals surface area contributed by atoms with Crippen molar-refractivity contribution in [3.05, 3.63) is 70.5 Å². The fourth-order valence-corrected chi connectivity index (χ4v) is 4.84. The molecule has 1 amide bonds. The Morgan fingerprint density at radius 2 is 2.17 bits per heavy atom. The maximum Gasteiger partial charge on any atom is 0.250 e. The van der Waals surface area contributed by atoms with E-state index in [4.69, 9.17) is 16.6 Å². The van der Waals surface area contributed by atoms with Gasteiger partial charge in [-0.05, 0) is 61.1 Å². The number of nitrogens with one attached hydrogen (secondary N) is 3. The van der Waals surface area contributed by atoms with Crippen LogP contribution in [0.15, 0.2) is 65.0 Å². The zero-order valence-electron chi connectivity index (χ0n) is 16.8. The minimum atomic E-state index is -0.225. The zero-order valence-corrected chi connectivity index (χ0v) is 18.4. The van der Waals surface area contributed by atoms with Gasteiger partial charge in [-0.3, -0.25) is 9.79 Å².